The molecule has 0 saturated carbocycles. The van der Waals surface area contributed by atoms with Crippen molar-refractivity contribution in [3.8, 4) is 5.75 Å². The number of methoxy groups -OCH3 is 1. The lowest BCUT2D eigenvalue weighted by Gasteiger charge is -2.16. The van der Waals surface area contributed by atoms with E-state index in [4.69, 9.17) is 22.1 Å². The maximum absolute atomic E-state index is 11.9. The average Bonchev–Trinajstić information content (AvgIpc) is 2.31. The van der Waals surface area contributed by atoms with Crippen LogP contribution in [0.5, 0.6) is 5.75 Å². The van der Waals surface area contributed by atoms with Crippen molar-refractivity contribution in [3.63, 3.8) is 0 Å². The molecule has 1 aromatic carbocycles. The Labute approximate surface area is 112 Å². The van der Waals surface area contributed by atoms with Gasteiger partial charge >= 0.3 is 0 Å². The van der Waals surface area contributed by atoms with E-state index in [2.05, 4.69) is 4.72 Å². The molecule has 7 heteroatoms. The van der Waals surface area contributed by atoms with Crippen molar-refractivity contribution in [1.82, 2.24) is 0 Å². The molecule has 1 rings (SSSR count). The van der Waals surface area contributed by atoms with Crippen molar-refractivity contribution in [2.75, 3.05) is 18.4 Å². The van der Waals surface area contributed by atoms with Crippen LogP contribution >= 0.6 is 11.6 Å². The lowest BCUT2D eigenvalue weighted by molar-refractivity contribution is 0.417. The fraction of sp³-hybridized carbons (Fsp3) is 0.455. The predicted molar refractivity (Wildman–Crippen MR) is 73.8 cm³/mol. The summed E-state index contributed by atoms with van der Waals surface area (Å²) in [7, 11) is -2.07. The number of hydrogen-bond donors (Lipinski definition) is 2. The second kappa shape index (κ2) is 5.77. The zero-order valence-electron chi connectivity index (χ0n) is 10.5. The highest BCUT2D eigenvalue weighted by atomic mass is 35.5. The third-order valence-corrected chi connectivity index (χ3v) is 4.76. The summed E-state index contributed by atoms with van der Waals surface area (Å²) in [4.78, 5) is 0. The zero-order valence-corrected chi connectivity index (χ0v) is 12.1. The van der Waals surface area contributed by atoms with Gasteiger partial charge in [-0.2, -0.15) is 0 Å². The number of halogens is 1. The van der Waals surface area contributed by atoms with E-state index >= 15 is 0 Å². The molecule has 1 atom stereocenters. The highest BCUT2D eigenvalue weighted by Crippen LogP contribution is 2.31. The van der Waals surface area contributed by atoms with E-state index < -0.39 is 15.3 Å². The van der Waals surface area contributed by atoms with E-state index in [0.29, 0.717) is 16.5 Å². The maximum Gasteiger partial charge on any atom is 0.236 e. The highest BCUT2D eigenvalue weighted by molar-refractivity contribution is 7.93. The first-order valence-electron chi connectivity index (χ1n) is 5.37. The lowest BCUT2D eigenvalue weighted by Crippen LogP contribution is -2.31. The van der Waals surface area contributed by atoms with Crippen LogP contribution in [0.4, 0.5) is 5.69 Å². The fourth-order valence-corrected chi connectivity index (χ4v) is 2.37. The van der Waals surface area contributed by atoms with Gasteiger partial charge in [-0.15, -0.1) is 0 Å². The summed E-state index contributed by atoms with van der Waals surface area (Å²) in [5.41, 5.74) is 6.49. The Morgan fingerprint density at radius 2 is 2.11 bits per heavy atom. The van der Waals surface area contributed by atoms with Gasteiger partial charge < -0.3 is 10.5 Å². The predicted octanol–water partition coefficient (Wildman–Crippen LogP) is 1.75. The van der Waals surface area contributed by atoms with Crippen LogP contribution in [0.15, 0.2) is 12.1 Å². The van der Waals surface area contributed by atoms with E-state index in [-0.39, 0.29) is 6.54 Å². The SMILES string of the molecule is COc1cc(Cl)c(C)cc1NS(=O)(=O)C(C)CN. The van der Waals surface area contributed by atoms with E-state index in [1.54, 1.807) is 19.1 Å². The minimum absolute atomic E-state index is 0.0459. The third kappa shape index (κ3) is 3.28. The molecule has 0 heterocycles. The molecule has 0 radical (unpaired) electrons. The molecule has 0 amide bonds. The van der Waals surface area contributed by atoms with Gasteiger partial charge in [-0.25, -0.2) is 8.42 Å². The van der Waals surface area contributed by atoms with Gasteiger partial charge in [0.25, 0.3) is 0 Å². The van der Waals surface area contributed by atoms with Crippen LogP contribution in [0, 0.1) is 6.92 Å². The molecular weight excluding hydrogens is 276 g/mol. The number of ether oxygens (including phenoxy) is 1. The number of sulfonamides is 1. The van der Waals surface area contributed by atoms with Crippen LogP contribution in [0.1, 0.15) is 12.5 Å². The van der Waals surface area contributed by atoms with Gasteiger partial charge in [0.05, 0.1) is 18.0 Å². The summed E-state index contributed by atoms with van der Waals surface area (Å²) in [5.74, 6) is 0.374. The van der Waals surface area contributed by atoms with E-state index in [1.807, 2.05) is 0 Å². The maximum atomic E-state index is 11.9. The van der Waals surface area contributed by atoms with Crippen LogP contribution in [-0.2, 0) is 10.0 Å². The standard InChI is InChI=1S/C11H17ClN2O3S/c1-7-4-10(11(17-3)5-9(7)12)14-18(15,16)8(2)6-13/h4-5,8,14H,6,13H2,1-3H3. The molecule has 0 aliphatic rings. The third-order valence-electron chi connectivity index (χ3n) is 2.59. The van der Waals surface area contributed by atoms with Gasteiger partial charge in [-0.1, -0.05) is 11.6 Å². The van der Waals surface area contributed by atoms with Gasteiger partial charge in [-0.3, -0.25) is 4.72 Å². The summed E-state index contributed by atoms with van der Waals surface area (Å²) in [5, 5.41) is -0.167. The Kier molecular flexibility index (Phi) is 4.84. The van der Waals surface area contributed by atoms with Crippen LogP contribution < -0.4 is 15.2 Å². The molecule has 102 valence electrons. The molecule has 1 unspecified atom stereocenters. The van der Waals surface area contributed by atoms with Crippen molar-refractivity contribution >= 4 is 27.3 Å². The average molecular weight is 293 g/mol. The quantitative estimate of drug-likeness (QED) is 0.866. The van der Waals surface area contributed by atoms with Crippen molar-refractivity contribution in [3.05, 3.63) is 22.7 Å². The van der Waals surface area contributed by atoms with Crippen LogP contribution in [0.25, 0.3) is 0 Å². The van der Waals surface area contributed by atoms with Gasteiger partial charge in [-0.05, 0) is 25.5 Å². The smallest absolute Gasteiger partial charge is 0.236 e. The summed E-state index contributed by atoms with van der Waals surface area (Å²) in [6.45, 7) is 3.37. The van der Waals surface area contributed by atoms with Crippen LogP contribution in [0.3, 0.4) is 0 Å². The number of benzene rings is 1. The van der Waals surface area contributed by atoms with Gasteiger partial charge in [0.1, 0.15) is 5.75 Å². The summed E-state index contributed by atoms with van der Waals surface area (Å²) in [6, 6.07) is 3.20. The minimum Gasteiger partial charge on any atom is -0.495 e. The lowest BCUT2D eigenvalue weighted by atomic mass is 10.2. The second-order valence-corrected chi connectivity index (χ2v) is 6.50. The number of nitrogens with two attached hydrogens (primary N) is 1. The summed E-state index contributed by atoms with van der Waals surface area (Å²) in [6.07, 6.45) is 0. The van der Waals surface area contributed by atoms with E-state index in [1.165, 1.54) is 14.0 Å². The molecule has 0 saturated heterocycles. The molecular formula is C11H17ClN2O3S. The molecule has 0 aliphatic carbocycles. The van der Waals surface area contributed by atoms with Gasteiger partial charge in [0.15, 0.2) is 0 Å². The first-order chi connectivity index (χ1) is 8.31. The monoisotopic (exact) mass is 292 g/mol. The Hall–Kier alpha value is -0.980. The fourth-order valence-electron chi connectivity index (χ4n) is 1.29. The van der Waals surface area contributed by atoms with E-state index in [9.17, 15) is 8.42 Å². The Bertz CT molecular complexity index is 531. The number of hydrogen-bond acceptors (Lipinski definition) is 4. The molecule has 5 nitrogen and oxygen atoms in total. The topological polar surface area (TPSA) is 81.4 Å². The molecule has 1 aromatic rings. The number of anilines is 1. The van der Waals surface area contributed by atoms with Crippen LogP contribution in [-0.4, -0.2) is 27.3 Å². The van der Waals surface area contributed by atoms with Crippen molar-refractivity contribution < 1.29 is 13.2 Å². The first-order valence-corrected chi connectivity index (χ1v) is 7.30. The highest BCUT2D eigenvalue weighted by Gasteiger charge is 2.21. The zero-order chi connectivity index (χ0) is 13.9. The molecule has 0 fully saturated rings. The normalized spacial score (nSPS) is 13.2. The second-order valence-electron chi connectivity index (χ2n) is 4.00. The van der Waals surface area contributed by atoms with E-state index in [0.717, 1.165) is 5.56 Å². The molecule has 0 aliphatic heterocycles. The summed E-state index contributed by atoms with van der Waals surface area (Å²) >= 11 is 5.95. The van der Waals surface area contributed by atoms with Crippen molar-refractivity contribution in [2.24, 2.45) is 5.73 Å². The summed E-state index contributed by atoms with van der Waals surface area (Å²) < 4.78 is 31.4. The van der Waals surface area contributed by atoms with Gasteiger partial charge in [0, 0.05) is 17.6 Å². The minimum atomic E-state index is -3.52. The van der Waals surface area contributed by atoms with Gasteiger partial charge in [0.2, 0.25) is 10.0 Å². The van der Waals surface area contributed by atoms with Crippen LogP contribution in [0.2, 0.25) is 5.02 Å². The molecule has 0 aromatic heterocycles. The molecule has 0 spiro atoms. The number of rotatable bonds is 5. The molecule has 3 N–H and O–H groups in total. The molecule has 0 bridgehead atoms. The largest absolute Gasteiger partial charge is 0.495 e. The number of nitrogens with one attached hydrogen (secondary N) is 1. The van der Waals surface area contributed by atoms with Crippen molar-refractivity contribution in [1.29, 1.82) is 0 Å². The van der Waals surface area contributed by atoms with Crippen molar-refractivity contribution in [2.45, 2.75) is 19.1 Å². The Morgan fingerprint density at radius 3 is 2.61 bits per heavy atom. The Morgan fingerprint density at radius 1 is 1.50 bits per heavy atom. The Balaban J connectivity index is 3.15. The first kappa shape index (κ1) is 15.1. The number of aryl methyl sites for hydroxylation is 1. The molecule has 18 heavy (non-hydrogen) atoms.